The summed E-state index contributed by atoms with van der Waals surface area (Å²) in [5.74, 6) is -1.84. The second-order valence-electron chi connectivity index (χ2n) is 10.7. The Hall–Kier alpha value is -1.59. The van der Waals surface area contributed by atoms with Crippen LogP contribution in [0.4, 0.5) is 0 Å². The van der Waals surface area contributed by atoms with Gasteiger partial charge in [-0.2, -0.15) is 0 Å². The van der Waals surface area contributed by atoms with Crippen molar-refractivity contribution >= 4 is 11.9 Å². The number of carboxylic acids is 2. The second kappa shape index (κ2) is 40.5. The minimum absolute atomic E-state index is 0. The molecule has 0 aromatic heterocycles. The van der Waals surface area contributed by atoms with Crippen LogP contribution in [0.5, 0.6) is 0 Å². The summed E-state index contributed by atoms with van der Waals surface area (Å²) in [6, 6.07) is 0. The molecule has 0 amide bonds. The zero-order chi connectivity index (χ0) is 29.8. The number of rotatable bonds is 28. The van der Waals surface area contributed by atoms with Crippen LogP contribution in [0.2, 0.25) is 0 Å². The van der Waals surface area contributed by atoms with E-state index >= 15 is 0 Å². The molecule has 0 atom stereocenters. The molecule has 0 rings (SSSR count). The summed E-state index contributed by atoms with van der Waals surface area (Å²) < 4.78 is 0. The molecule has 1 radical (unpaired) electrons. The van der Waals surface area contributed by atoms with Gasteiger partial charge in [-0.25, -0.2) is 0 Å². The summed E-state index contributed by atoms with van der Waals surface area (Å²) in [6.45, 7) is 4.46. The molecule has 0 saturated heterocycles. The van der Waals surface area contributed by atoms with Gasteiger partial charge in [-0.1, -0.05) is 127 Å². The zero-order valence-electron chi connectivity index (χ0n) is 26.6. The molecule has 0 N–H and O–H groups in total. The van der Waals surface area contributed by atoms with Crippen molar-refractivity contribution < 1.29 is 36.6 Å². The molecule has 41 heavy (non-hydrogen) atoms. The summed E-state index contributed by atoms with van der Waals surface area (Å²) in [4.78, 5) is 20.4. The average Bonchev–Trinajstić information content (AvgIpc) is 2.93. The van der Waals surface area contributed by atoms with E-state index in [0.717, 1.165) is 64.2 Å². The van der Waals surface area contributed by atoms with Crippen molar-refractivity contribution in [2.75, 3.05) is 0 Å². The van der Waals surface area contributed by atoms with E-state index < -0.39 is 11.9 Å². The Balaban J connectivity index is -0.000000688. The van der Waals surface area contributed by atoms with E-state index in [4.69, 9.17) is 0 Å². The van der Waals surface area contributed by atoms with Crippen molar-refractivity contribution in [2.24, 2.45) is 0 Å². The predicted molar refractivity (Wildman–Crippen MR) is 169 cm³/mol. The Morgan fingerprint density at radius 2 is 0.683 bits per heavy atom. The second-order valence-corrected chi connectivity index (χ2v) is 10.7. The van der Waals surface area contributed by atoms with Gasteiger partial charge in [0.1, 0.15) is 0 Å². The van der Waals surface area contributed by atoms with Crippen molar-refractivity contribution in [1.29, 1.82) is 0 Å². The largest absolute Gasteiger partial charge is 2.00 e. The number of hydrogen-bond donors (Lipinski definition) is 0. The molecule has 0 aliphatic rings. The van der Waals surface area contributed by atoms with Crippen molar-refractivity contribution in [1.82, 2.24) is 0 Å². The van der Waals surface area contributed by atoms with Crippen LogP contribution in [0.25, 0.3) is 0 Å². The maximum Gasteiger partial charge on any atom is 2.00 e. The van der Waals surface area contributed by atoms with E-state index in [0.29, 0.717) is 0 Å². The molecule has 0 spiro atoms. The van der Waals surface area contributed by atoms with Crippen LogP contribution in [0.1, 0.15) is 168 Å². The molecular weight excluding hydrogens is 555 g/mol. The Morgan fingerprint density at radius 3 is 0.976 bits per heavy atom. The van der Waals surface area contributed by atoms with Gasteiger partial charge in [0.15, 0.2) is 0 Å². The van der Waals surface area contributed by atoms with Gasteiger partial charge in [-0.15, -0.1) is 0 Å². The van der Waals surface area contributed by atoms with Gasteiger partial charge < -0.3 is 19.8 Å². The molecule has 239 valence electrons. The van der Waals surface area contributed by atoms with E-state index in [-0.39, 0.29) is 29.6 Å². The number of carbonyl (C=O) groups is 2. The molecule has 0 aliphatic carbocycles. The Morgan fingerprint density at radius 1 is 0.415 bits per heavy atom. The summed E-state index contributed by atoms with van der Waals surface area (Å²) in [7, 11) is 0. The minimum Gasteiger partial charge on any atom is -0.550 e. The molecule has 0 saturated carbocycles. The van der Waals surface area contributed by atoms with E-state index in [1.54, 1.807) is 0 Å². The Kier molecular flexibility index (Phi) is 43.4. The fourth-order valence-electron chi connectivity index (χ4n) is 4.16. The number of hydrogen-bond acceptors (Lipinski definition) is 4. The SMILES string of the molecule is CCCCCC=CCC=CCCCCCCCC(=O)[O-].CCCCCC=CCC=CCCCCCCCC(=O)[O-].[Co+2]. The van der Waals surface area contributed by atoms with Crippen LogP contribution < -0.4 is 10.2 Å². The van der Waals surface area contributed by atoms with Gasteiger partial charge in [0.2, 0.25) is 0 Å². The predicted octanol–water partition coefficient (Wildman–Crippen LogP) is 9.10. The quantitative estimate of drug-likeness (QED) is 0.0648. The third kappa shape index (κ3) is 48.5. The van der Waals surface area contributed by atoms with Crippen molar-refractivity contribution in [3.8, 4) is 0 Å². The minimum atomic E-state index is -0.921. The summed E-state index contributed by atoms with van der Waals surface area (Å²) >= 11 is 0. The standard InChI is InChI=1S/2C18H32O2.Co/c2*1-2-3-4-5-6-7-8-9-10-11-12-13-14-15-16-17-18(19)20;/h2*6-7,9-10H,2-5,8,11-17H2,1H3,(H,19,20);/q;;+2/p-2. The van der Waals surface area contributed by atoms with E-state index in [1.807, 2.05) is 0 Å². The first-order chi connectivity index (χ1) is 19.5. The van der Waals surface area contributed by atoms with Gasteiger partial charge in [0, 0.05) is 11.9 Å². The fraction of sp³-hybridized carbons (Fsp3) is 0.722. The van der Waals surface area contributed by atoms with Crippen LogP contribution in [-0.4, -0.2) is 11.9 Å². The molecule has 4 nitrogen and oxygen atoms in total. The number of allylic oxidation sites excluding steroid dienone is 8. The topological polar surface area (TPSA) is 80.3 Å². The smallest absolute Gasteiger partial charge is 0.550 e. The van der Waals surface area contributed by atoms with Crippen LogP contribution in [0.15, 0.2) is 48.6 Å². The van der Waals surface area contributed by atoms with Gasteiger partial charge in [-0.05, 0) is 89.9 Å². The van der Waals surface area contributed by atoms with Gasteiger partial charge in [0.05, 0.1) is 0 Å². The monoisotopic (exact) mass is 617 g/mol. The molecule has 0 aromatic carbocycles. The van der Waals surface area contributed by atoms with E-state index in [9.17, 15) is 19.8 Å². The normalized spacial score (nSPS) is 11.4. The summed E-state index contributed by atoms with van der Waals surface area (Å²) in [6.07, 6.45) is 43.9. The number of carboxylic acid groups (broad SMARTS) is 2. The molecule has 5 heteroatoms. The van der Waals surface area contributed by atoms with E-state index in [1.165, 1.54) is 77.0 Å². The first kappa shape index (κ1) is 43.9. The molecule has 0 heterocycles. The number of aliphatic carboxylic acids is 2. The third-order valence-electron chi connectivity index (χ3n) is 6.66. The first-order valence-corrected chi connectivity index (χ1v) is 16.5. The fourth-order valence-corrected chi connectivity index (χ4v) is 4.16. The van der Waals surface area contributed by atoms with Crippen molar-refractivity contribution in [3.05, 3.63) is 48.6 Å². The van der Waals surface area contributed by atoms with Gasteiger partial charge in [0.25, 0.3) is 0 Å². The van der Waals surface area contributed by atoms with Crippen LogP contribution >= 0.6 is 0 Å². The summed E-state index contributed by atoms with van der Waals surface area (Å²) in [5.41, 5.74) is 0. The molecular formula is C36H62CoO4. The van der Waals surface area contributed by atoms with Crippen molar-refractivity contribution in [3.63, 3.8) is 0 Å². The molecule has 0 fully saturated rings. The number of carbonyl (C=O) groups excluding carboxylic acids is 2. The first-order valence-electron chi connectivity index (χ1n) is 16.5. The van der Waals surface area contributed by atoms with Crippen LogP contribution in [0.3, 0.4) is 0 Å². The molecule has 0 aromatic rings. The third-order valence-corrected chi connectivity index (χ3v) is 6.66. The average molecular weight is 618 g/mol. The van der Waals surface area contributed by atoms with Gasteiger partial charge in [-0.3, -0.25) is 0 Å². The zero-order valence-corrected chi connectivity index (χ0v) is 27.6. The molecule has 0 bridgehead atoms. The maximum atomic E-state index is 10.2. The van der Waals surface area contributed by atoms with Crippen molar-refractivity contribution in [2.45, 2.75) is 168 Å². The van der Waals surface area contributed by atoms with Crippen LogP contribution in [-0.2, 0) is 26.4 Å². The maximum absolute atomic E-state index is 10.2. The molecule has 0 aliphatic heterocycles. The number of unbranched alkanes of at least 4 members (excludes halogenated alkanes) is 16. The molecule has 0 unspecified atom stereocenters. The van der Waals surface area contributed by atoms with E-state index in [2.05, 4.69) is 62.5 Å². The van der Waals surface area contributed by atoms with Gasteiger partial charge >= 0.3 is 16.8 Å². The summed E-state index contributed by atoms with van der Waals surface area (Å²) in [5, 5.41) is 20.4. The van der Waals surface area contributed by atoms with Crippen LogP contribution in [0, 0.1) is 0 Å². The Bertz CT molecular complexity index is 596. The Labute approximate surface area is 264 Å².